The van der Waals surface area contributed by atoms with Gasteiger partial charge in [-0.2, -0.15) is 0 Å². The number of imidazole rings is 1. The van der Waals surface area contributed by atoms with E-state index in [-0.39, 0.29) is 6.04 Å². The van der Waals surface area contributed by atoms with E-state index < -0.39 is 0 Å². The van der Waals surface area contributed by atoms with Crippen LogP contribution in [-0.4, -0.2) is 26.5 Å². The third-order valence-electron chi connectivity index (χ3n) is 4.13. The van der Waals surface area contributed by atoms with Crippen molar-refractivity contribution in [3.05, 3.63) is 59.8 Å². The molecule has 0 saturated carbocycles. The second kappa shape index (κ2) is 6.01. The van der Waals surface area contributed by atoms with E-state index in [9.17, 15) is 0 Å². The molecule has 0 spiro atoms. The summed E-state index contributed by atoms with van der Waals surface area (Å²) in [5.41, 5.74) is 2.08. The Hall–Kier alpha value is -2.40. The van der Waals surface area contributed by atoms with E-state index in [4.69, 9.17) is 11.6 Å². The van der Waals surface area contributed by atoms with Crippen molar-refractivity contribution in [3.63, 3.8) is 0 Å². The first-order valence-electron chi connectivity index (χ1n) is 7.66. The molecule has 1 saturated heterocycles. The second-order valence-electron chi connectivity index (χ2n) is 5.59. The fourth-order valence-electron chi connectivity index (χ4n) is 3.01. The van der Waals surface area contributed by atoms with Crippen molar-refractivity contribution >= 4 is 17.5 Å². The monoisotopic (exact) mass is 325 g/mol. The zero-order valence-corrected chi connectivity index (χ0v) is 13.2. The number of hydrogen-bond donors (Lipinski definition) is 1. The van der Waals surface area contributed by atoms with Gasteiger partial charge in [-0.3, -0.25) is 0 Å². The number of aromatic amines is 1. The number of halogens is 1. The molecule has 0 radical (unpaired) electrons. The molecule has 0 amide bonds. The minimum Gasteiger partial charge on any atom is -0.340 e. The Labute approximate surface area is 139 Å². The topological polar surface area (TPSA) is 57.7 Å². The SMILES string of the molecule is Clc1ccc(-c2cnc([C@H]3CCCN3c3ncccn3)[nH]2)cc1. The number of hydrogen-bond acceptors (Lipinski definition) is 4. The molecule has 4 rings (SSSR count). The van der Waals surface area contributed by atoms with Gasteiger partial charge < -0.3 is 9.88 Å². The molecule has 1 N–H and O–H groups in total. The lowest BCUT2D eigenvalue weighted by atomic mass is 10.2. The van der Waals surface area contributed by atoms with Gasteiger partial charge in [0.05, 0.1) is 17.9 Å². The molecule has 0 aliphatic carbocycles. The molecule has 3 heterocycles. The maximum absolute atomic E-state index is 5.95. The molecule has 1 atom stereocenters. The van der Waals surface area contributed by atoms with Gasteiger partial charge in [-0.1, -0.05) is 23.7 Å². The Kier molecular flexibility index (Phi) is 3.71. The lowest BCUT2D eigenvalue weighted by Gasteiger charge is -2.22. The Bertz CT molecular complexity index is 784. The first kappa shape index (κ1) is 14.2. The van der Waals surface area contributed by atoms with Gasteiger partial charge in [0.1, 0.15) is 5.82 Å². The fourth-order valence-corrected chi connectivity index (χ4v) is 3.14. The van der Waals surface area contributed by atoms with Crippen molar-refractivity contribution < 1.29 is 0 Å². The van der Waals surface area contributed by atoms with Crippen LogP contribution < -0.4 is 4.90 Å². The van der Waals surface area contributed by atoms with E-state index in [1.165, 1.54) is 0 Å². The molecular weight excluding hydrogens is 310 g/mol. The summed E-state index contributed by atoms with van der Waals surface area (Å²) >= 11 is 5.95. The molecule has 1 fully saturated rings. The first-order valence-corrected chi connectivity index (χ1v) is 8.03. The normalized spacial score (nSPS) is 17.6. The Morgan fingerprint density at radius 1 is 1.09 bits per heavy atom. The van der Waals surface area contributed by atoms with Crippen LogP contribution in [0.1, 0.15) is 24.7 Å². The van der Waals surface area contributed by atoms with E-state index >= 15 is 0 Å². The van der Waals surface area contributed by atoms with Crippen molar-refractivity contribution in [1.29, 1.82) is 0 Å². The number of anilines is 1. The Morgan fingerprint density at radius 2 is 1.87 bits per heavy atom. The van der Waals surface area contributed by atoms with Crippen molar-refractivity contribution in [2.24, 2.45) is 0 Å². The molecule has 1 aliphatic rings. The van der Waals surface area contributed by atoms with Crippen LogP contribution in [0.2, 0.25) is 5.02 Å². The fraction of sp³-hybridized carbons (Fsp3) is 0.235. The van der Waals surface area contributed by atoms with E-state index in [1.807, 2.05) is 36.5 Å². The summed E-state index contributed by atoms with van der Waals surface area (Å²) in [7, 11) is 0. The molecule has 0 unspecified atom stereocenters. The summed E-state index contributed by atoms with van der Waals surface area (Å²) < 4.78 is 0. The first-order chi connectivity index (χ1) is 11.3. The van der Waals surface area contributed by atoms with Crippen molar-refractivity contribution in [3.8, 4) is 11.3 Å². The van der Waals surface area contributed by atoms with Gasteiger partial charge >= 0.3 is 0 Å². The lowest BCUT2D eigenvalue weighted by Crippen LogP contribution is -2.25. The predicted molar refractivity (Wildman–Crippen MR) is 90.4 cm³/mol. The van der Waals surface area contributed by atoms with Gasteiger partial charge in [0.25, 0.3) is 0 Å². The van der Waals surface area contributed by atoms with Gasteiger partial charge in [0.2, 0.25) is 5.95 Å². The standard InChI is InChI=1S/C17H16ClN5/c18-13-6-4-12(5-7-13)14-11-21-16(22-14)15-3-1-10-23(15)17-19-8-2-9-20-17/h2,4-9,11,15H,1,3,10H2,(H,21,22)/t15-/m1/s1. The Morgan fingerprint density at radius 3 is 2.65 bits per heavy atom. The molecule has 2 aromatic heterocycles. The molecule has 1 aromatic carbocycles. The molecule has 5 nitrogen and oxygen atoms in total. The highest BCUT2D eigenvalue weighted by atomic mass is 35.5. The summed E-state index contributed by atoms with van der Waals surface area (Å²) in [6, 6.07) is 9.78. The van der Waals surface area contributed by atoms with Gasteiger partial charge in [-0.15, -0.1) is 0 Å². The molecule has 3 aromatic rings. The number of H-pyrrole nitrogens is 1. The quantitative estimate of drug-likeness (QED) is 0.794. The highest BCUT2D eigenvalue weighted by Crippen LogP contribution is 2.33. The van der Waals surface area contributed by atoms with Crippen LogP contribution in [0.4, 0.5) is 5.95 Å². The van der Waals surface area contributed by atoms with Crippen LogP contribution in [-0.2, 0) is 0 Å². The lowest BCUT2D eigenvalue weighted by molar-refractivity contribution is 0.663. The largest absolute Gasteiger partial charge is 0.340 e. The Balaban J connectivity index is 1.62. The van der Waals surface area contributed by atoms with Gasteiger partial charge in [0, 0.05) is 24.0 Å². The van der Waals surface area contributed by atoms with Crippen LogP contribution in [0.15, 0.2) is 48.9 Å². The third kappa shape index (κ3) is 2.80. The molecule has 0 bridgehead atoms. The summed E-state index contributed by atoms with van der Waals surface area (Å²) in [5, 5.41) is 0.733. The van der Waals surface area contributed by atoms with E-state index in [2.05, 4.69) is 24.8 Å². The van der Waals surface area contributed by atoms with Crippen LogP contribution in [0.5, 0.6) is 0 Å². The van der Waals surface area contributed by atoms with E-state index in [1.54, 1.807) is 12.4 Å². The molecule has 116 valence electrons. The summed E-state index contributed by atoms with van der Waals surface area (Å²) in [5.74, 6) is 1.72. The van der Waals surface area contributed by atoms with Crippen molar-refractivity contribution in [1.82, 2.24) is 19.9 Å². The average molecular weight is 326 g/mol. The van der Waals surface area contributed by atoms with E-state index in [0.29, 0.717) is 0 Å². The smallest absolute Gasteiger partial charge is 0.225 e. The van der Waals surface area contributed by atoms with Crippen LogP contribution in [0.25, 0.3) is 11.3 Å². The van der Waals surface area contributed by atoms with Crippen LogP contribution >= 0.6 is 11.6 Å². The zero-order chi connectivity index (χ0) is 15.6. The average Bonchev–Trinajstić information content (AvgIpc) is 3.25. The highest BCUT2D eigenvalue weighted by molar-refractivity contribution is 6.30. The van der Waals surface area contributed by atoms with Crippen LogP contribution in [0, 0.1) is 0 Å². The highest BCUT2D eigenvalue weighted by Gasteiger charge is 2.30. The minimum absolute atomic E-state index is 0.193. The minimum atomic E-state index is 0.193. The third-order valence-corrected chi connectivity index (χ3v) is 4.38. The molecule has 6 heteroatoms. The summed E-state index contributed by atoms with van der Waals surface area (Å²) in [6.07, 6.45) is 7.59. The number of aromatic nitrogens is 4. The zero-order valence-electron chi connectivity index (χ0n) is 12.5. The maximum atomic E-state index is 5.95. The molecule has 1 aliphatic heterocycles. The molecular formula is C17H16ClN5. The number of benzene rings is 1. The summed E-state index contributed by atoms with van der Waals surface area (Å²) in [6.45, 7) is 0.950. The van der Waals surface area contributed by atoms with E-state index in [0.717, 1.165) is 47.4 Å². The maximum Gasteiger partial charge on any atom is 0.225 e. The van der Waals surface area contributed by atoms with Crippen LogP contribution in [0.3, 0.4) is 0 Å². The number of nitrogens with one attached hydrogen (secondary N) is 1. The van der Waals surface area contributed by atoms with Gasteiger partial charge in [0.15, 0.2) is 0 Å². The predicted octanol–water partition coefficient (Wildman–Crippen LogP) is 3.86. The summed E-state index contributed by atoms with van der Waals surface area (Å²) in [4.78, 5) is 19.0. The van der Waals surface area contributed by atoms with Crippen molar-refractivity contribution in [2.45, 2.75) is 18.9 Å². The molecule has 23 heavy (non-hydrogen) atoms. The number of rotatable bonds is 3. The number of nitrogens with zero attached hydrogens (tertiary/aromatic N) is 4. The van der Waals surface area contributed by atoms with Crippen molar-refractivity contribution in [2.75, 3.05) is 11.4 Å². The van der Waals surface area contributed by atoms with Gasteiger partial charge in [-0.05, 0) is 36.6 Å². The van der Waals surface area contributed by atoms with Gasteiger partial charge in [-0.25, -0.2) is 15.0 Å². The second-order valence-corrected chi connectivity index (χ2v) is 6.03.